The molecule has 188 valence electrons. The topological polar surface area (TPSA) is 92.2 Å². The van der Waals surface area contributed by atoms with Crippen LogP contribution in [0.3, 0.4) is 0 Å². The van der Waals surface area contributed by atoms with Gasteiger partial charge in [-0.3, -0.25) is 10.2 Å². The van der Waals surface area contributed by atoms with Gasteiger partial charge in [-0.1, -0.05) is 60.2 Å². The van der Waals surface area contributed by atoms with Gasteiger partial charge in [-0.25, -0.2) is 10.4 Å². The predicted molar refractivity (Wildman–Crippen MR) is 140 cm³/mol. The molecular formula is C29H33N3O4. The molecule has 0 bridgehead atoms. The van der Waals surface area contributed by atoms with Crippen LogP contribution in [0.2, 0.25) is 0 Å². The quantitative estimate of drug-likeness (QED) is 0.283. The number of carbonyl (C=O) groups excluding carboxylic acids is 1. The predicted octanol–water partition coefficient (Wildman–Crippen LogP) is 3.72. The highest BCUT2D eigenvalue weighted by molar-refractivity contribution is 6.00. The first-order valence-electron chi connectivity index (χ1n) is 12.2. The zero-order chi connectivity index (χ0) is 25.4. The second-order valence-corrected chi connectivity index (χ2v) is 9.01. The first-order chi connectivity index (χ1) is 17.5. The molecule has 0 unspecified atom stereocenters. The second-order valence-electron chi connectivity index (χ2n) is 9.01. The average Bonchev–Trinajstić information content (AvgIpc) is 3.22. The lowest BCUT2D eigenvalue weighted by Crippen LogP contribution is -2.55. The Kier molecular flexibility index (Phi) is 8.36. The number of aliphatic hydroxyl groups is 1. The van der Waals surface area contributed by atoms with Crippen LogP contribution in [0.4, 0.5) is 0 Å². The summed E-state index contributed by atoms with van der Waals surface area (Å²) in [5, 5.41) is 8.93. The largest absolute Gasteiger partial charge is 0.494 e. The summed E-state index contributed by atoms with van der Waals surface area (Å²) < 4.78 is 11.8. The van der Waals surface area contributed by atoms with Crippen molar-refractivity contribution in [3.05, 3.63) is 101 Å². The molecule has 0 spiro atoms. The van der Waals surface area contributed by atoms with Crippen molar-refractivity contribution < 1.29 is 19.4 Å². The Morgan fingerprint density at radius 2 is 1.81 bits per heavy atom. The van der Waals surface area contributed by atoms with E-state index in [9.17, 15) is 4.79 Å². The van der Waals surface area contributed by atoms with Crippen LogP contribution in [0.15, 0.2) is 83.9 Å². The Bertz CT molecular complexity index is 1180. The smallest absolute Gasteiger partial charge is 0.266 e. The zero-order valence-corrected chi connectivity index (χ0v) is 20.7. The number of amides is 1. The molecule has 7 heteroatoms. The lowest BCUT2D eigenvalue weighted by Gasteiger charge is -2.28. The van der Waals surface area contributed by atoms with E-state index in [2.05, 4.69) is 16.9 Å². The van der Waals surface area contributed by atoms with Crippen LogP contribution in [-0.2, 0) is 22.5 Å². The van der Waals surface area contributed by atoms with Crippen LogP contribution in [-0.4, -0.2) is 41.8 Å². The molecule has 0 fully saturated rings. The van der Waals surface area contributed by atoms with Gasteiger partial charge in [0.15, 0.2) is 5.54 Å². The van der Waals surface area contributed by atoms with E-state index in [4.69, 9.17) is 19.6 Å². The number of hydrogen-bond donors (Lipinski definition) is 3. The minimum atomic E-state index is -1.13. The molecule has 3 aromatic carbocycles. The molecule has 1 heterocycles. The maximum atomic E-state index is 13.6. The van der Waals surface area contributed by atoms with E-state index in [0.717, 1.165) is 22.3 Å². The van der Waals surface area contributed by atoms with Gasteiger partial charge in [0.25, 0.3) is 5.91 Å². The highest BCUT2D eigenvalue weighted by atomic mass is 16.5. The van der Waals surface area contributed by atoms with E-state index in [0.29, 0.717) is 37.6 Å². The number of hydrogen-bond acceptors (Lipinski definition) is 6. The minimum absolute atomic E-state index is 0.0893. The third-order valence-electron chi connectivity index (χ3n) is 6.22. The maximum Gasteiger partial charge on any atom is 0.266 e. The summed E-state index contributed by atoms with van der Waals surface area (Å²) in [6, 6.07) is 25.4. The standard InChI is InChI=1S/C29H33N3O4/c1-21-8-6-11-24(18-21)20-30-32-28(34)29(19-23-9-4-3-5-10-23)22(2)36-27(31-29)25-12-14-26(15-13-25)35-17-7-16-33/h3-6,8-15,18,22,30,33H,7,16-17,19-20H2,1-2H3,(H,32,34)/t22-,29-/m0/s1. The Morgan fingerprint density at radius 1 is 1.06 bits per heavy atom. The van der Waals surface area contributed by atoms with Crippen molar-refractivity contribution >= 4 is 11.8 Å². The maximum absolute atomic E-state index is 13.6. The SMILES string of the molecule is Cc1cccc(CNNC(=O)[C@@]2(Cc3ccccc3)N=C(c3ccc(OCCCO)cc3)O[C@H]2C)c1. The molecule has 0 radical (unpaired) electrons. The van der Waals surface area contributed by atoms with Crippen LogP contribution >= 0.6 is 0 Å². The van der Waals surface area contributed by atoms with Gasteiger partial charge in [0.1, 0.15) is 11.9 Å². The zero-order valence-electron chi connectivity index (χ0n) is 20.7. The average molecular weight is 488 g/mol. The molecule has 0 aliphatic carbocycles. The molecule has 1 aliphatic rings. The van der Waals surface area contributed by atoms with Gasteiger partial charge in [0.2, 0.25) is 5.90 Å². The summed E-state index contributed by atoms with van der Waals surface area (Å²) in [4.78, 5) is 18.5. The van der Waals surface area contributed by atoms with Gasteiger partial charge in [-0.15, -0.1) is 0 Å². The fourth-order valence-corrected chi connectivity index (χ4v) is 4.21. The molecule has 7 nitrogen and oxygen atoms in total. The van der Waals surface area contributed by atoms with Gasteiger partial charge in [0, 0.05) is 31.6 Å². The van der Waals surface area contributed by atoms with E-state index in [1.807, 2.05) is 86.6 Å². The van der Waals surface area contributed by atoms with Crippen molar-refractivity contribution in [2.45, 2.75) is 44.9 Å². The number of hydrazine groups is 1. The number of nitrogens with zero attached hydrogens (tertiary/aromatic N) is 1. The van der Waals surface area contributed by atoms with Crippen LogP contribution < -0.4 is 15.6 Å². The Morgan fingerprint density at radius 3 is 2.53 bits per heavy atom. The monoisotopic (exact) mass is 487 g/mol. The number of carbonyl (C=O) groups is 1. The molecule has 3 aromatic rings. The first-order valence-corrected chi connectivity index (χ1v) is 12.2. The summed E-state index contributed by atoms with van der Waals surface area (Å²) in [5.41, 5.74) is 8.82. The lowest BCUT2D eigenvalue weighted by molar-refractivity contribution is -0.129. The molecule has 0 saturated heterocycles. The number of aliphatic imine (C=N–C) groups is 1. The molecule has 1 aliphatic heterocycles. The van der Waals surface area contributed by atoms with E-state index >= 15 is 0 Å². The van der Waals surface area contributed by atoms with Crippen LogP contribution in [0.25, 0.3) is 0 Å². The van der Waals surface area contributed by atoms with E-state index < -0.39 is 11.6 Å². The van der Waals surface area contributed by atoms with Gasteiger partial charge >= 0.3 is 0 Å². The molecular weight excluding hydrogens is 454 g/mol. The van der Waals surface area contributed by atoms with Crippen LogP contribution in [0.1, 0.15) is 35.6 Å². The summed E-state index contributed by atoms with van der Waals surface area (Å²) >= 11 is 0. The molecule has 4 rings (SSSR count). The summed E-state index contributed by atoms with van der Waals surface area (Å²) in [7, 11) is 0. The van der Waals surface area contributed by atoms with Gasteiger partial charge in [-0.05, 0) is 49.2 Å². The number of aliphatic hydroxyl groups excluding tert-OH is 1. The number of aryl methyl sites for hydroxylation is 1. The molecule has 0 aromatic heterocycles. The third-order valence-corrected chi connectivity index (χ3v) is 6.22. The molecule has 0 saturated carbocycles. The number of benzene rings is 3. The minimum Gasteiger partial charge on any atom is -0.494 e. The highest BCUT2D eigenvalue weighted by Crippen LogP contribution is 2.32. The van der Waals surface area contributed by atoms with Crippen molar-refractivity contribution in [3.8, 4) is 5.75 Å². The highest BCUT2D eigenvalue weighted by Gasteiger charge is 2.50. The van der Waals surface area contributed by atoms with Gasteiger partial charge in [0.05, 0.1) is 6.61 Å². The fourth-order valence-electron chi connectivity index (χ4n) is 4.21. The summed E-state index contributed by atoms with van der Waals surface area (Å²) in [6.07, 6.45) is 0.497. The van der Waals surface area contributed by atoms with E-state index in [1.54, 1.807) is 0 Å². The molecule has 36 heavy (non-hydrogen) atoms. The van der Waals surface area contributed by atoms with Gasteiger partial charge in [-0.2, -0.15) is 0 Å². The Balaban J connectivity index is 1.54. The fraction of sp³-hybridized carbons (Fsp3) is 0.310. The summed E-state index contributed by atoms with van der Waals surface area (Å²) in [6.45, 7) is 4.95. The molecule has 3 N–H and O–H groups in total. The second kappa shape index (κ2) is 11.8. The number of ether oxygens (including phenoxy) is 2. The van der Waals surface area contributed by atoms with Crippen molar-refractivity contribution in [1.29, 1.82) is 0 Å². The summed E-state index contributed by atoms with van der Waals surface area (Å²) in [5.74, 6) is 0.882. The van der Waals surface area contributed by atoms with Crippen molar-refractivity contribution in [3.63, 3.8) is 0 Å². The number of nitrogens with one attached hydrogen (secondary N) is 2. The molecule has 2 atom stereocenters. The van der Waals surface area contributed by atoms with E-state index in [-0.39, 0.29) is 12.5 Å². The lowest BCUT2D eigenvalue weighted by atomic mass is 9.86. The molecule has 1 amide bonds. The van der Waals surface area contributed by atoms with Gasteiger partial charge < -0.3 is 14.6 Å². The normalized spacial score (nSPS) is 18.9. The van der Waals surface area contributed by atoms with Crippen molar-refractivity contribution in [2.24, 2.45) is 4.99 Å². The van der Waals surface area contributed by atoms with Crippen molar-refractivity contribution in [2.75, 3.05) is 13.2 Å². The number of rotatable bonds is 11. The first kappa shape index (κ1) is 25.4. The van der Waals surface area contributed by atoms with E-state index in [1.165, 1.54) is 0 Å². The van der Waals surface area contributed by atoms with Crippen LogP contribution in [0.5, 0.6) is 5.75 Å². The van der Waals surface area contributed by atoms with Crippen LogP contribution in [0, 0.1) is 6.92 Å². The Hall–Kier alpha value is -3.68. The van der Waals surface area contributed by atoms with Crippen molar-refractivity contribution in [1.82, 2.24) is 10.9 Å². The Labute approximate surface area is 212 Å². The third kappa shape index (κ3) is 6.11.